The van der Waals surface area contributed by atoms with Crippen molar-refractivity contribution in [3.8, 4) is 17.1 Å². The van der Waals surface area contributed by atoms with Gasteiger partial charge < -0.3 is 9.64 Å². The van der Waals surface area contributed by atoms with Crippen molar-refractivity contribution in [1.82, 2.24) is 29.3 Å². The monoisotopic (exact) mass is 326 g/mol. The molecule has 0 bridgehead atoms. The lowest BCUT2D eigenvalue weighted by Gasteiger charge is -2.24. The Bertz CT molecular complexity index is 897. The molecule has 0 aliphatic rings. The van der Waals surface area contributed by atoms with E-state index in [-0.39, 0.29) is 5.91 Å². The van der Waals surface area contributed by atoms with Gasteiger partial charge in [-0.15, -0.1) is 0 Å². The van der Waals surface area contributed by atoms with Gasteiger partial charge in [-0.2, -0.15) is 10.2 Å². The zero-order valence-electron chi connectivity index (χ0n) is 13.7. The summed E-state index contributed by atoms with van der Waals surface area (Å²) in [5, 5.41) is 8.40. The van der Waals surface area contributed by atoms with Gasteiger partial charge >= 0.3 is 0 Å². The van der Waals surface area contributed by atoms with Crippen LogP contribution in [0.25, 0.3) is 16.8 Å². The minimum atomic E-state index is -0.508. The predicted molar refractivity (Wildman–Crippen MR) is 88.2 cm³/mol. The highest BCUT2D eigenvalue weighted by Gasteiger charge is 2.18. The second kappa shape index (κ2) is 6.15. The number of rotatable bonds is 5. The molecule has 0 N–H and O–H groups in total. The zero-order valence-corrected chi connectivity index (χ0v) is 13.7. The molecule has 0 spiro atoms. The van der Waals surface area contributed by atoms with Crippen LogP contribution in [0.4, 0.5) is 0 Å². The number of likely N-dealkylation sites (N-methyl/N-ethyl adjacent to an activating group) is 1. The fraction of sp³-hybridized carbons (Fsp3) is 0.250. The van der Waals surface area contributed by atoms with Crippen LogP contribution in [-0.4, -0.2) is 48.5 Å². The number of amides is 1. The molecule has 8 heteroatoms. The number of carbonyl (C=O) groups excluding carboxylic acids is 1. The van der Waals surface area contributed by atoms with E-state index >= 15 is 0 Å². The summed E-state index contributed by atoms with van der Waals surface area (Å²) in [7, 11) is 3.48. The molecule has 3 rings (SSSR count). The maximum Gasteiger partial charge on any atom is 0.248 e. The van der Waals surface area contributed by atoms with Crippen molar-refractivity contribution >= 4 is 11.4 Å². The minimum Gasteiger partial charge on any atom is -0.452 e. The fourth-order valence-corrected chi connectivity index (χ4v) is 2.24. The molecular weight excluding hydrogens is 308 g/mol. The van der Waals surface area contributed by atoms with E-state index in [4.69, 9.17) is 4.74 Å². The Morgan fingerprint density at radius 3 is 2.88 bits per heavy atom. The Balaban J connectivity index is 1.99. The highest BCUT2D eigenvalue weighted by Crippen LogP contribution is 2.24. The minimum absolute atomic E-state index is 0.226. The average molecular weight is 326 g/mol. The van der Waals surface area contributed by atoms with Crippen molar-refractivity contribution in [1.29, 1.82) is 0 Å². The highest BCUT2D eigenvalue weighted by molar-refractivity contribution is 5.86. The number of carbonyl (C=O) groups is 1. The van der Waals surface area contributed by atoms with Crippen molar-refractivity contribution in [3.05, 3.63) is 43.5 Å². The van der Waals surface area contributed by atoms with Gasteiger partial charge in [0.2, 0.25) is 11.8 Å². The van der Waals surface area contributed by atoms with Crippen LogP contribution >= 0.6 is 0 Å². The maximum atomic E-state index is 11.7. The van der Waals surface area contributed by atoms with Gasteiger partial charge in [0.15, 0.2) is 6.23 Å². The van der Waals surface area contributed by atoms with E-state index in [0.717, 1.165) is 5.56 Å². The first kappa shape index (κ1) is 15.7. The normalized spacial score (nSPS) is 12.1. The van der Waals surface area contributed by atoms with E-state index in [2.05, 4.69) is 21.8 Å². The Kier molecular flexibility index (Phi) is 4.03. The Labute approximate surface area is 139 Å². The van der Waals surface area contributed by atoms with E-state index in [1.807, 2.05) is 19.4 Å². The van der Waals surface area contributed by atoms with Gasteiger partial charge in [-0.25, -0.2) is 9.50 Å². The summed E-state index contributed by atoms with van der Waals surface area (Å²) in [5.74, 6) is 0.167. The molecule has 3 aromatic heterocycles. The third-order valence-corrected chi connectivity index (χ3v) is 3.71. The Morgan fingerprint density at radius 1 is 1.42 bits per heavy atom. The molecule has 3 aromatic rings. The molecule has 1 atom stereocenters. The first-order valence-corrected chi connectivity index (χ1v) is 7.39. The van der Waals surface area contributed by atoms with E-state index in [0.29, 0.717) is 17.1 Å². The molecule has 24 heavy (non-hydrogen) atoms. The predicted octanol–water partition coefficient (Wildman–Crippen LogP) is 1.50. The molecule has 1 unspecified atom stereocenters. The first-order valence-electron chi connectivity index (χ1n) is 7.39. The summed E-state index contributed by atoms with van der Waals surface area (Å²) in [6.07, 6.45) is 7.79. The van der Waals surface area contributed by atoms with Gasteiger partial charge in [-0.1, -0.05) is 6.58 Å². The van der Waals surface area contributed by atoms with E-state index in [1.54, 1.807) is 41.6 Å². The number of hydrogen-bond donors (Lipinski definition) is 0. The number of fused-ring (bicyclic) bond motifs is 1. The number of aryl methyl sites for hydroxylation is 1. The van der Waals surface area contributed by atoms with Crippen LogP contribution in [0.15, 0.2) is 43.5 Å². The van der Waals surface area contributed by atoms with Gasteiger partial charge in [0.05, 0.1) is 24.3 Å². The lowest BCUT2D eigenvalue weighted by molar-refractivity contribution is -0.131. The summed E-state index contributed by atoms with van der Waals surface area (Å²) < 4.78 is 9.28. The van der Waals surface area contributed by atoms with Crippen molar-refractivity contribution in [2.75, 3.05) is 7.05 Å². The van der Waals surface area contributed by atoms with Gasteiger partial charge in [-0.05, 0) is 19.1 Å². The van der Waals surface area contributed by atoms with E-state index in [1.165, 1.54) is 11.0 Å². The topological polar surface area (TPSA) is 77.6 Å². The Hall–Kier alpha value is -3.16. The molecule has 0 aromatic carbocycles. The van der Waals surface area contributed by atoms with Gasteiger partial charge in [0.25, 0.3) is 0 Å². The van der Waals surface area contributed by atoms with Crippen LogP contribution in [0, 0.1) is 0 Å². The molecule has 8 nitrogen and oxygen atoms in total. The van der Waals surface area contributed by atoms with Crippen LogP contribution in [0.1, 0.15) is 6.92 Å². The highest BCUT2D eigenvalue weighted by atomic mass is 16.5. The first-order chi connectivity index (χ1) is 11.5. The van der Waals surface area contributed by atoms with Gasteiger partial charge in [-0.3, -0.25) is 9.48 Å². The van der Waals surface area contributed by atoms with Gasteiger partial charge in [0, 0.05) is 25.9 Å². The van der Waals surface area contributed by atoms with E-state index < -0.39 is 6.23 Å². The second-order valence-corrected chi connectivity index (χ2v) is 5.37. The molecule has 124 valence electrons. The number of hydrogen-bond acceptors (Lipinski definition) is 5. The zero-order chi connectivity index (χ0) is 17.3. The average Bonchev–Trinajstić information content (AvgIpc) is 3.21. The van der Waals surface area contributed by atoms with Crippen molar-refractivity contribution in [3.63, 3.8) is 0 Å². The number of aromatic nitrogens is 5. The second-order valence-electron chi connectivity index (χ2n) is 5.37. The SMILES string of the molecule is C=CC(=O)N(C)C(C)Oc1nc(-c2cnn(C)c2)cn2nccc12. The Morgan fingerprint density at radius 2 is 2.21 bits per heavy atom. The lowest BCUT2D eigenvalue weighted by Crippen LogP contribution is -2.38. The number of ether oxygens (including phenoxy) is 1. The summed E-state index contributed by atoms with van der Waals surface area (Å²) >= 11 is 0. The summed E-state index contributed by atoms with van der Waals surface area (Å²) in [6.45, 7) is 5.25. The smallest absolute Gasteiger partial charge is 0.248 e. The lowest BCUT2D eigenvalue weighted by atomic mass is 10.2. The molecular formula is C16H18N6O2. The third kappa shape index (κ3) is 2.85. The molecule has 0 saturated heterocycles. The van der Waals surface area contributed by atoms with Crippen LogP contribution in [-0.2, 0) is 11.8 Å². The van der Waals surface area contributed by atoms with Crippen molar-refractivity contribution < 1.29 is 9.53 Å². The molecule has 0 aliphatic heterocycles. The van der Waals surface area contributed by atoms with E-state index in [9.17, 15) is 4.79 Å². The molecule has 0 aliphatic carbocycles. The van der Waals surface area contributed by atoms with Crippen molar-refractivity contribution in [2.45, 2.75) is 13.2 Å². The van der Waals surface area contributed by atoms with Crippen molar-refractivity contribution in [2.24, 2.45) is 7.05 Å². The number of nitrogens with zero attached hydrogens (tertiary/aromatic N) is 6. The fourth-order valence-electron chi connectivity index (χ4n) is 2.24. The van der Waals surface area contributed by atoms with Gasteiger partial charge in [0.1, 0.15) is 5.52 Å². The maximum absolute atomic E-state index is 11.7. The van der Waals surface area contributed by atoms with Crippen LogP contribution < -0.4 is 4.74 Å². The van der Waals surface area contributed by atoms with Crippen LogP contribution in [0.3, 0.4) is 0 Å². The molecule has 0 fully saturated rings. The van der Waals surface area contributed by atoms with Crippen LogP contribution in [0.5, 0.6) is 5.88 Å². The molecule has 0 radical (unpaired) electrons. The quantitative estimate of drug-likeness (QED) is 0.524. The standard InChI is InChI=1S/C16H18N6O2/c1-5-15(23)21(4)11(2)24-16-14-6-7-17-22(14)10-13(19-16)12-8-18-20(3)9-12/h5-11H,1H2,2-4H3. The molecule has 0 saturated carbocycles. The largest absolute Gasteiger partial charge is 0.452 e. The van der Waals surface area contributed by atoms with Crippen LogP contribution in [0.2, 0.25) is 0 Å². The molecule has 3 heterocycles. The summed E-state index contributed by atoms with van der Waals surface area (Å²) in [6, 6.07) is 1.80. The third-order valence-electron chi connectivity index (χ3n) is 3.71. The summed E-state index contributed by atoms with van der Waals surface area (Å²) in [5.41, 5.74) is 2.25. The summed E-state index contributed by atoms with van der Waals surface area (Å²) in [4.78, 5) is 17.7. The molecule has 1 amide bonds.